The van der Waals surface area contributed by atoms with Gasteiger partial charge in [-0.15, -0.1) is 0 Å². The van der Waals surface area contributed by atoms with E-state index in [4.69, 9.17) is 42.6 Å². The minimum atomic E-state index is -0.991. The number of thiol groups is 1. The van der Waals surface area contributed by atoms with Gasteiger partial charge < -0.3 is 42.6 Å². The molecule has 0 aromatic heterocycles. The molecule has 87 heavy (non-hydrogen) atoms. The molecule has 3 aliphatic carbocycles. The highest BCUT2D eigenvalue weighted by Crippen LogP contribution is 2.63. The SMILES string of the molecule is CCC1(OC(=O)COc2c(I)cc(COc3ccc4c(c3)-c3cc(OCc5cc(I)c(OCC(=O)OC6(CC)CCCCC6)c(I)c5)ccc3[SH]4c3ccc(Oc4cc(I)c(OCC(=O)OC5(CC)CCCCC5)c(I)c4)cc3)cc2I)CCCCC1. The fraction of sp³-hybridized carbons (Fsp3) is 0.426. The summed E-state index contributed by atoms with van der Waals surface area (Å²) in [7, 11) is -0.991. The molecule has 6 aromatic rings. The van der Waals surface area contributed by atoms with Crippen LogP contribution in [0.4, 0.5) is 0 Å². The normalized spacial score (nSPS) is 16.8. The Morgan fingerprint density at radius 1 is 0.391 bits per heavy atom. The van der Waals surface area contributed by atoms with E-state index in [0.29, 0.717) is 42.0 Å². The number of carbonyl (C=O) groups excluding carboxylic acids is 3. The van der Waals surface area contributed by atoms with Crippen LogP contribution in [0.2, 0.25) is 0 Å². The van der Waals surface area contributed by atoms with Crippen molar-refractivity contribution in [2.75, 3.05) is 19.8 Å². The maximum Gasteiger partial charge on any atom is 0.344 e. The molecule has 1 aliphatic heterocycles. The summed E-state index contributed by atoms with van der Waals surface area (Å²) in [5, 5.41) is 0. The van der Waals surface area contributed by atoms with Gasteiger partial charge in [0.15, 0.2) is 19.8 Å². The predicted octanol–water partition coefficient (Wildman–Crippen LogP) is 19.8. The first-order chi connectivity index (χ1) is 42.0. The van der Waals surface area contributed by atoms with Gasteiger partial charge in [0.1, 0.15) is 70.3 Å². The van der Waals surface area contributed by atoms with Crippen LogP contribution in [-0.4, -0.2) is 54.5 Å². The van der Waals surface area contributed by atoms with Crippen LogP contribution in [0.3, 0.4) is 0 Å². The number of hydrogen-bond acceptors (Lipinski definition) is 12. The maximum absolute atomic E-state index is 13.1. The van der Waals surface area contributed by atoms with Crippen molar-refractivity contribution in [2.24, 2.45) is 0 Å². The number of fused-ring (bicyclic) bond motifs is 3. The Morgan fingerprint density at radius 2 is 0.713 bits per heavy atom. The van der Waals surface area contributed by atoms with Gasteiger partial charge >= 0.3 is 17.9 Å². The van der Waals surface area contributed by atoms with Crippen LogP contribution in [0.15, 0.2) is 112 Å². The Kier molecular flexibility index (Phi) is 23.8. The van der Waals surface area contributed by atoms with E-state index in [1.54, 1.807) is 0 Å². The molecule has 0 spiro atoms. The molecule has 3 fully saturated rings. The molecular weight excluding hydrogens is 1800 g/mol. The lowest BCUT2D eigenvalue weighted by Crippen LogP contribution is -2.38. The third-order valence-electron chi connectivity index (χ3n) is 17.2. The molecule has 4 aliphatic rings. The second-order valence-electron chi connectivity index (χ2n) is 22.9. The predicted molar refractivity (Wildman–Crippen MR) is 390 cm³/mol. The molecule has 0 N–H and O–H groups in total. The second-order valence-corrected chi connectivity index (χ2v) is 32.1. The Balaban J connectivity index is 0.839. The molecule has 10 rings (SSSR count). The molecule has 0 bridgehead atoms. The minimum Gasteiger partial charge on any atom is -0.489 e. The van der Waals surface area contributed by atoms with Crippen LogP contribution in [0.1, 0.15) is 147 Å². The van der Waals surface area contributed by atoms with Gasteiger partial charge in [0.25, 0.3) is 0 Å². The molecule has 19 heteroatoms. The molecule has 464 valence electrons. The Bertz CT molecular complexity index is 3230. The Hall–Kier alpha value is -2.74. The van der Waals surface area contributed by atoms with Crippen LogP contribution in [0.25, 0.3) is 11.1 Å². The summed E-state index contributed by atoms with van der Waals surface area (Å²) in [6.07, 6.45) is 17.9. The summed E-state index contributed by atoms with van der Waals surface area (Å²) in [6.45, 7) is 6.52. The largest absolute Gasteiger partial charge is 0.489 e. The van der Waals surface area contributed by atoms with Crippen molar-refractivity contribution in [1.82, 2.24) is 0 Å². The van der Waals surface area contributed by atoms with Gasteiger partial charge in [0.2, 0.25) is 0 Å². The first kappa shape index (κ1) is 67.2. The summed E-state index contributed by atoms with van der Waals surface area (Å²) in [5.74, 6) is 3.79. The molecule has 0 unspecified atom stereocenters. The first-order valence-corrected chi connectivity index (χ1v) is 37.9. The van der Waals surface area contributed by atoms with Crippen LogP contribution < -0.4 is 28.4 Å². The number of benzene rings is 6. The smallest absolute Gasteiger partial charge is 0.344 e. The van der Waals surface area contributed by atoms with Crippen LogP contribution in [0.5, 0.6) is 40.2 Å². The van der Waals surface area contributed by atoms with Crippen molar-refractivity contribution in [2.45, 2.75) is 181 Å². The van der Waals surface area contributed by atoms with Gasteiger partial charge in [0.05, 0.1) is 21.4 Å². The number of carbonyl (C=O) groups is 3. The van der Waals surface area contributed by atoms with Crippen molar-refractivity contribution in [3.63, 3.8) is 0 Å². The number of ether oxygens (including phenoxy) is 9. The number of esters is 3. The zero-order chi connectivity index (χ0) is 61.3. The molecule has 0 saturated heterocycles. The summed E-state index contributed by atoms with van der Waals surface area (Å²) >= 11 is 13.6. The topological polar surface area (TPSA) is 134 Å². The van der Waals surface area contributed by atoms with E-state index < -0.39 is 10.9 Å². The standard InChI is InChI=1S/C68H72I6O12S/c1-4-66(24-10-7-11-25-66)84-60(75)40-80-63-52(69)30-43(31-53(63)70)38-78-46-18-22-58-50(34-46)51-35-47(79-39-44-32-54(71)64(55(72)33-44)81-41-61(76)85-67(5-2)26-12-8-13-27-67)19-23-59(51)87(58)49-20-16-45(17-21-49)83-48-36-56(73)65(57(74)37-48)82-42-62(77)86-68(6-3)28-14-9-15-29-68/h16-23,30-37,87H,4-15,24-29,38-42H2,1-3H3. The van der Waals surface area contributed by atoms with Gasteiger partial charge in [-0.25, -0.2) is 14.4 Å². The molecular formula is C68H72I6O12S. The average molecular weight is 1870 g/mol. The van der Waals surface area contributed by atoms with Crippen molar-refractivity contribution in [3.05, 3.63) is 130 Å². The second kappa shape index (κ2) is 30.8. The Labute approximate surface area is 596 Å². The van der Waals surface area contributed by atoms with E-state index in [-0.39, 0.29) is 54.5 Å². The Morgan fingerprint density at radius 3 is 1.05 bits per heavy atom. The molecule has 6 aromatic carbocycles. The van der Waals surface area contributed by atoms with E-state index in [9.17, 15) is 14.4 Å². The van der Waals surface area contributed by atoms with Gasteiger partial charge in [0, 0.05) is 9.79 Å². The lowest BCUT2D eigenvalue weighted by atomic mass is 9.83. The van der Waals surface area contributed by atoms with E-state index in [1.165, 1.54) is 29.1 Å². The summed E-state index contributed by atoms with van der Waals surface area (Å²) in [5.41, 5.74) is 2.96. The fourth-order valence-corrected chi connectivity index (χ4v) is 21.4. The monoisotopic (exact) mass is 1870 g/mol. The lowest BCUT2D eigenvalue weighted by Gasteiger charge is -2.35. The van der Waals surface area contributed by atoms with Crippen LogP contribution >= 0.6 is 146 Å². The van der Waals surface area contributed by atoms with E-state index >= 15 is 0 Å². The molecule has 0 radical (unpaired) electrons. The van der Waals surface area contributed by atoms with Gasteiger partial charge in [-0.2, -0.15) is 10.9 Å². The lowest BCUT2D eigenvalue weighted by molar-refractivity contribution is -0.167. The molecule has 3 saturated carbocycles. The van der Waals surface area contributed by atoms with E-state index in [2.05, 4.69) is 205 Å². The highest BCUT2D eigenvalue weighted by atomic mass is 127. The summed E-state index contributed by atoms with van der Waals surface area (Å²) in [6, 6.07) is 33.1. The zero-order valence-corrected chi connectivity index (χ0v) is 63.0. The van der Waals surface area contributed by atoms with Gasteiger partial charge in [-0.05, 0) is 356 Å². The molecule has 12 nitrogen and oxygen atoms in total. The van der Waals surface area contributed by atoms with Crippen LogP contribution in [0, 0.1) is 21.4 Å². The van der Waals surface area contributed by atoms with Crippen LogP contribution in [-0.2, 0) is 41.8 Å². The third-order valence-corrected chi connectivity index (χ3v) is 24.5. The quantitative estimate of drug-likeness (QED) is 0.0267. The van der Waals surface area contributed by atoms with Gasteiger partial charge in [-0.3, -0.25) is 0 Å². The van der Waals surface area contributed by atoms with E-state index in [1.807, 2.05) is 48.5 Å². The van der Waals surface area contributed by atoms with Gasteiger partial charge in [-0.1, -0.05) is 40.0 Å². The molecule has 1 heterocycles. The number of halogens is 6. The van der Waals surface area contributed by atoms with Crippen molar-refractivity contribution in [1.29, 1.82) is 0 Å². The van der Waals surface area contributed by atoms with Crippen molar-refractivity contribution in [3.8, 4) is 51.4 Å². The van der Waals surface area contributed by atoms with Crippen molar-refractivity contribution >= 4 is 164 Å². The van der Waals surface area contributed by atoms with E-state index in [0.717, 1.165) is 156 Å². The summed E-state index contributed by atoms with van der Waals surface area (Å²) < 4.78 is 61.3. The van der Waals surface area contributed by atoms with Crippen molar-refractivity contribution < 1.29 is 57.0 Å². The third kappa shape index (κ3) is 16.9. The highest BCUT2D eigenvalue weighted by molar-refractivity contribution is 14.1. The molecule has 0 atom stereocenters. The maximum atomic E-state index is 13.1. The summed E-state index contributed by atoms with van der Waals surface area (Å²) in [4.78, 5) is 42.7. The number of hydrogen-bond donors (Lipinski definition) is 1. The average Bonchev–Trinajstić information content (AvgIpc) is 1.68. The first-order valence-electron chi connectivity index (χ1n) is 30.1. The highest BCUT2D eigenvalue weighted by Gasteiger charge is 2.37. The molecule has 0 amide bonds. The zero-order valence-electron chi connectivity index (χ0n) is 49.1. The minimum absolute atomic E-state index is 0.138. The fourth-order valence-electron chi connectivity index (χ4n) is 12.4. The number of rotatable bonds is 24.